The number of hydrogen-bond acceptors (Lipinski definition) is 4. The Kier molecular flexibility index (Phi) is 10.7. The Labute approximate surface area is 245 Å². The summed E-state index contributed by atoms with van der Waals surface area (Å²) >= 11 is 0. The van der Waals surface area contributed by atoms with E-state index in [1.165, 1.54) is 4.90 Å². The van der Waals surface area contributed by atoms with Gasteiger partial charge in [-0.05, 0) is 75.4 Å². The summed E-state index contributed by atoms with van der Waals surface area (Å²) in [6.07, 6.45) is 0.379. The van der Waals surface area contributed by atoms with Crippen LogP contribution in [0.5, 0.6) is 0 Å². The van der Waals surface area contributed by atoms with Crippen molar-refractivity contribution < 1.29 is 18.0 Å². The van der Waals surface area contributed by atoms with Crippen molar-refractivity contribution in [3.8, 4) is 0 Å². The average Bonchev–Trinajstić information content (AvgIpc) is 2.91. The maximum Gasteiger partial charge on any atom is 0.264 e. The Hall–Kier alpha value is -3.65. The molecule has 3 aromatic carbocycles. The number of hydrogen-bond donors (Lipinski definition) is 1. The van der Waals surface area contributed by atoms with Gasteiger partial charge in [0.05, 0.1) is 10.6 Å². The van der Waals surface area contributed by atoms with E-state index >= 15 is 0 Å². The Balaban J connectivity index is 2.08. The molecule has 0 unspecified atom stereocenters. The lowest BCUT2D eigenvalue weighted by atomic mass is 10.0. The second-order valence-corrected chi connectivity index (χ2v) is 13.0. The summed E-state index contributed by atoms with van der Waals surface area (Å²) in [4.78, 5) is 29.0. The van der Waals surface area contributed by atoms with Crippen LogP contribution in [-0.4, -0.2) is 43.8 Å². The van der Waals surface area contributed by atoms with Gasteiger partial charge in [0.15, 0.2) is 0 Å². The molecule has 0 saturated carbocycles. The van der Waals surface area contributed by atoms with Gasteiger partial charge in [-0.2, -0.15) is 0 Å². The van der Waals surface area contributed by atoms with Crippen LogP contribution in [0.3, 0.4) is 0 Å². The first-order chi connectivity index (χ1) is 19.3. The van der Waals surface area contributed by atoms with E-state index < -0.39 is 28.5 Å². The van der Waals surface area contributed by atoms with Crippen molar-refractivity contribution >= 4 is 27.5 Å². The number of rotatable bonds is 12. The molecule has 0 aromatic heterocycles. The molecular formula is C33H43N3O4S. The van der Waals surface area contributed by atoms with Gasteiger partial charge in [0.1, 0.15) is 12.6 Å². The second-order valence-electron chi connectivity index (χ2n) is 11.2. The third kappa shape index (κ3) is 8.19. The first kappa shape index (κ1) is 31.9. The first-order valence-corrected chi connectivity index (χ1v) is 15.6. The molecule has 0 aliphatic carbocycles. The second kappa shape index (κ2) is 13.8. The largest absolute Gasteiger partial charge is 0.352 e. The number of carbonyl (C=O) groups excluding carboxylic acids is 2. The monoisotopic (exact) mass is 577 g/mol. The molecular weight excluding hydrogens is 534 g/mol. The van der Waals surface area contributed by atoms with Crippen molar-refractivity contribution in [1.29, 1.82) is 0 Å². The zero-order chi connectivity index (χ0) is 30.3. The third-order valence-corrected chi connectivity index (χ3v) is 8.78. The van der Waals surface area contributed by atoms with E-state index in [0.29, 0.717) is 12.1 Å². The van der Waals surface area contributed by atoms with Gasteiger partial charge < -0.3 is 10.2 Å². The highest BCUT2D eigenvalue weighted by molar-refractivity contribution is 7.92. The van der Waals surface area contributed by atoms with Gasteiger partial charge in [0, 0.05) is 12.6 Å². The molecule has 3 rings (SSSR count). The van der Waals surface area contributed by atoms with E-state index in [2.05, 4.69) is 19.2 Å². The highest BCUT2D eigenvalue weighted by atomic mass is 32.2. The van der Waals surface area contributed by atoms with E-state index in [-0.39, 0.29) is 29.3 Å². The number of amides is 2. The van der Waals surface area contributed by atoms with Gasteiger partial charge in [-0.25, -0.2) is 8.42 Å². The summed E-state index contributed by atoms with van der Waals surface area (Å²) in [5.74, 6) is -0.457. The van der Waals surface area contributed by atoms with Gasteiger partial charge in [0.25, 0.3) is 10.0 Å². The quantitative estimate of drug-likeness (QED) is 0.288. The van der Waals surface area contributed by atoms with Crippen LogP contribution < -0.4 is 9.62 Å². The van der Waals surface area contributed by atoms with Gasteiger partial charge in [-0.15, -0.1) is 0 Å². The summed E-state index contributed by atoms with van der Waals surface area (Å²) in [6.45, 7) is 13.3. The van der Waals surface area contributed by atoms with E-state index in [1.807, 2.05) is 71.0 Å². The van der Waals surface area contributed by atoms with Crippen molar-refractivity contribution in [2.24, 2.45) is 0 Å². The lowest BCUT2D eigenvalue weighted by Gasteiger charge is -2.33. The topological polar surface area (TPSA) is 86.8 Å². The van der Waals surface area contributed by atoms with Crippen LogP contribution in [0.15, 0.2) is 77.7 Å². The Morgan fingerprint density at radius 1 is 0.854 bits per heavy atom. The summed E-state index contributed by atoms with van der Waals surface area (Å²) < 4.78 is 29.2. The summed E-state index contributed by atoms with van der Waals surface area (Å²) in [5.41, 5.74) is 4.27. The molecule has 0 spiro atoms. The number of aryl methyl sites for hydroxylation is 2. The van der Waals surface area contributed by atoms with Crippen LogP contribution in [0.2, 0.25) is 0 Å². The molecule has 3 aromatic rings. The minimum atomic E-state index is -4.10. The normalized spacial score (nSPS) is 12.3. The molecule has 0 fully saturated rings. The number of carbonyl (C=O) groups is 2. The van der Waals surface area contributed by atoms with Gasteiger partial charge in [-0.1, -0.05) is 80.4 Å². The highest BCUT2D eigenvalue weighted by Gasteiger charge is 2.34. The number of benzene rings is 3. The van der Waals surface area contributed by atoms with Crippen LogP contribution >= 0.6 is 0 Å². The van der Waals surface area contributed by atoms with Crippen LogP contribution in [-0.2, 0) is 26.2 Å². The molecule has 0 aliphatic heterocycles. The smallest absolute Gasteiger partial charge is 0.264 e. The fourth-order valence-electron chi connectivity index (χ4n) is 4.70. The minimum Gasteiger partial charge on any atom is -0.352 e. The Bertz CT molecular complexity index is 1430. The molecule has 7 nitrogen and oxygen atoms in total. The molecule has 41 heavy (non-hydrogen) atoms. The summed E-state index contributed by atoms with van der Waals surface area (Å²) in [7, 11) is -4.10. The van der Waals surface area contributed by atoms with Crippen LogP contribution in [0.4, 0.5) is 5.69 Å². The van der Waals surface area contributed by atoms with E-state index in [9.17, 15) is 18.0 Å². The SMILES string of the molecule is CC[C@@H](C(=O)NC(C)C)N(Cc1cccc(C)c1)C(=O)CN(c1ccc(C(C)C)cc1)S(=O)(=O)c1ccc(C)cc1. The molecule has 0 heterocycles. The molecule has 2 amide bonds. The summed E-state index contributed by atoms with van der Waals surface area (Å²) in [5, 5.41) is 2.92. The number of nitrogens with one attached hydrogen (secondary N) is 1. The maximum absolute atomic E-state index is 14.2. The molecule has 0 radical (unpaired) electrons. The molecule has 0 aliphatic rings. The lowest BCUT2D eigenvalue weighted by molar-refractivity contribution is -0.140. The van der Waals surface area contributed by atoms with Crippen molar-refractivity contribution in [3.05, 3.63) is 95.1 Å². The van der Waals surface area contributed by atoms with E-state index in [1.54, 1.807) is 36.4 Å². The van der Waals surface area contributed by atoms with Crippen LogP contribution in [0.25, 0.3) is 0 Å². The number of nitrogens with zero attached hydrogens (tertiary/aromatic N) is 2. The minimum absolute atomic E-state index is 0.0960. The van der Waals surface area contributed by atoms with Crippen molar-refractivity contribution in [3.63, 3.8) is 0 Å². The van der Waals surface area contributed by atoms with Crippen molar-refractivity contribution in [1.82, 2.24) is 10.2 Å². The number of sulfonamides is 1. The fraction of sp³-hybridized carbons (Fsp3) is 0.394. The Morgan fingerprint density at radius 3 is 2.02 bits per heavy atom. The Morgan fingerprint density at radius 2 is 1.49 bits per heavy atom. The standard InChI is InChI=1S/C33H43N3O4S/c1-8-31(33(38)34-24(4)5)35(21-27-11-9-10-26(7)20-27)32(37)22-36(29-16-14-28(15-17-29)23(2)3)41(39,40)30-18-12-25(6)13-19-30/h9-20,23-24,31H,8,21-22H2,1-7H3,(H,34,38)/t31-/m0/s1. The van der Waals surface area contributed by atoms with E-state index in [4.69, 9.17) is 0 Å². The molecule has 1 atom stereocenters. The molecule has 0 bridgehead atoms. The zero-order valence-corrected chi connectivity index (χ0v) is 26.0. The molecule has 1 N–H and O–H groups in total. The maximum atomic E-state index is 14.2. The first-order valence-electron chi connectivity index (χ1n) is 14.2. The molecule has 220 valence electrons. The predicted molar refractivity (Wildman–Crippen MR) is 165 cm³/mol. The van der Waals surface area contributed by atoms with Crippen molar-refractivity contribution in [2.45, 2.75) is 84.3 Å². The predicted octanol–water partition coefficient (Wildman–Crippen LogP) is 5.95. The van der Waals surface area contributed by atoms with Crippen LogP contribution in [0.1, 0.15) is 69.2 Å². The molecule has 8 heteroatoms. The number of anilines is 1. The average molecular weight is 578 g/mol. The van der Waals surface area contributed by atoms with Gasteiger partial charge in [0.2, 0.25) is 11.8 Å². The third-order valence-electron chi connectivity index (χ3n) is 6.99. The fourth-order valence-corrected chi connectivity index (χ4v) is 6.11. The van der Waals surface area contributed by atoms with Crippen LogP contribution in [0, 0.1) is 13.8 Å². The highest BCUT2D eigenvalue weighted by Crippen LogP contribution is 2.27. The van der Waals surface area contributed by atoms with E-state index in [0.717, 1.165) is 26.6 Å². The van der Waals surface area contributed by atoms with Crippen molar-refractivity contribution in [2.75, 3.05) is 10.8 Å². The van der Waals surface area contributed by atoms with Gasteiger partial charge in [-0.3, -0.25) is 13.9 Å². The zero-order valence-electron chi connectivity index (χ0n) is 25.2. The molecule has 0 saturated heterocycles. The lowest BCUT2D eigenvalue weighted by Crippen LogP contribution is -2.53. The summed E-state index contributed by atoms with van der Waals surface area (Å²) in [6, 6.07) is 20.7. The van der Waals surface area contributed by atoms with Gasteiger partial charge >= 0.3 is 0 Å².